The van der Waals surface area contributed by atoms with Crippen molar-refractivity contribution in [1.82, 2.24) is 0 Å². The summed E-state index contributed by atoms with van der Waals surface area (Å²) in [7, 11) is 0. The zero-order valence-corrected chi connectivity index (χ0v) is 20.5. The highest BCUT2D eigenvalue weighted by molar-refractivity contribution is 5.53. The maximum absolute atomic E-state index is 9.90. The Morgan fingerprint density at radius 2 is 1.12 bits per heavy atom. The molecule has 2 unspecified atom stereocenters. The van der Waals surface area contributed by atoms with Crippen molar-refractivity contribution in [1.29, 1.82) is 0 Å². The number of hydrogen-bond donors (Lipinski definition) is 1. The van der Waals surface area contributed by atoms with Crippen LogP contribution in [0.2, 0.25) is 0 Å². The minimum absolute atomic E-state index is 0.327. The molecule has 0 spiro atoms. The number of rotatable bonds is 5. The molecule has 174 valence electrons. The number of fused-ring (bicyclic) bond motifs is 2. The smallest absolute Gasteiger partial charge is 0.0431 e. The van der Waals surface area contributed by atoms with Crippen LogP contribution in [0.25, 0.3) is 0 Å². The van der Waals surface area contributed by atoms with E-state index in [1.165, 1.54) is 109 Å². The van der Waals surface area contributed by atoms with Crippen LogP contribution in [0.5, 0.6) is 0 Å². The van der Waals surface area contributed by atoms with Crippen LogP contribution in [-0.4, -0.2) is 11.7 Å². The Bertz CT molecular complexity index is 839. The molecule has 0 aromatic carbocycles. The van der Waals surface area contributed by atoms with Crippen molar-refractivity contribution < 1.29 is 5.11 Å². The molecule has 2 atom stereocenters. The van der Waals surface area contributed by atoms with Crippen LogP contribution in [-0.2, 0) is 0 Å². The van der Waals surface area contributed by atoms with E-state index in [0.29, 0.717) is 12.0 Å². The Morgan fingerprint density at radius 1 is 0.656 bits per heavy atom. The summed E-state index contributed by atoms with van der Waals surface area (Å²) in [6.07, 6.45) is 24.3. The summed E-state index contributed by atoms with van der Waals surface area (Å²) in [6, 6.07) is 0. The van der Waals surface area contributed by atoms with Crippen molar-refractivity contribution >= 4 is 0 Å². The lowest BCUT2D eigenvalue weighted by molar-refractivity contribution is 0.0849. The standard InChI is InChI=1S/C31H44O/c1-31(17-8-18-32,29-15-6-13-25-23-11-4-2-9-21(23)19-27(25)29)30-16-7-14-26-24-12-5-3-10-22(24)20-28(26)30/h29-30,32H,2-20H2,1H3. The van der Waals surface area contributed by atoms with Gasteiger partial charge in [0, 0.05) is 6.61 Å². The number of aliphatic hydroxyl groups excluding tert-OH is 1. The Morgan fingerprint density at radius 3 is 1.62 bits per heavy atom. The molecule has 1 N–H and O–H groups in total. The maximum Gasteiger partial charge on any atom is 0.0431 e. The van der Waals surface area contributed by atoms with E-state index in [2.05, 4.69) is 6.92 Å². The molecule has 0 amide bonds. The van der Waals surface area contributed by atoms with Gasteiger partial charge in [0.1, 0.15) is 0 Å². The molecule has 0 aromatic rings. The minimum atomic E-state index is 0.327. The van der Waals surface area contributed by atoms with Crippen molar-refractivity contribution in [2.24, 2.45) is 17.3 Å². The van der Waals surface area contributed by atoms with Gasteiger partial charge < -0.3 is 5.11 Å². The van der Waals surface area contributed by atoms with Crippen molar-refractivity contribution in [3.8, 4) is 0 Å². The predicted octanol–water partition coefficient (Wildman–Crippen LogP) is 8.51. The van der Waals surface area contributed by atoms with Gasteiger partial charge in [-0.15, -0.1) is 0 Å². The van der Waals surface area contributed by atoms with Crippen LogP contribution >= 0.6 is 0 Å². The maximum atomic E-state index is 9.90. The van der Waals surface area contributed by atoms with Crippen LogP contribution in [0, 0.1) is 17.3 Å². The van der Waals surface area contributed by atoms with Gasteiger partial charge in [0.15, 0.2) is 0 Å². The normalized spacial score (nSPS) is 32.1. The van der Waals surface area contributed by atoms with E-state index in [9.17, 15) is 5.11 Å². The second kappa shape index (κ2) is 8.61. The second-order valence-electron chi connectivity index (χ2n) is 12.2. The molecule has 0 aromatic heterocycles. The van der Waals surface area contributed by atoms with Gasteiger partial charge in [-0.25, -0.2) is 0 Å². The molecule has 0 fully saturated rings. The lowest BCUT2D eigenvalue weighted by atomic mass is 9.55. The summed E-state index contributed by atoms with van der Waals surface area (Å²) in [4.78, 5) is 0. The van der Waals surface area contributed by atoms with Gasteiger partial charge in [-0.05, 0) is 155 Å². The third-order valence-corrected chi connectivity index (χ3v) is 10.6. The first-order valence-electron chi connectivity index (χ1n) is 14.2. The first kappa shape index (κ1) is 21.5. The molecule has 1 heteroatoms. The van der Waals surface area contributed by atoms with Crippen molar-refractivity contribution in [3.05, 3.63) is 44.6 Å². The van der Waals surface area contributed by atoms with E-state index < -0.39 is 0 Å². The van der Waals surface area contributed by atoms with E-state index in [1.54, 1.807) is 0 Å². The van der Waals surface area contributed by atoms with Crippen LogP contribution < -0.4 is 0 Å². The fraction of sp³-hybridized carbons (Fsp3) is 0.742. The van der Waals surface area contributed by atoms with E-state index in [1.807, 2.05) is 44.6 Å². The van der Waals surface area contributed by atoms with E-state index >= 15 is 0 Å². The second-order valence-corrected chi connectivity index (χ2v) is 12.2. The van der Waals surface area contributed by atoms with Crippen molar-refractivity contribution in [3.63, 3.8) is 0 Å². The SMILES string of the molecule is CC(CCCO)(C1CCCC2=C1CC1=C2CCCC1)C1CCCC2=C1CC1=C2CCCC1. The van der Waals surface area contributed by atoms with Crippen LogP contribution in [0.4, 0.5) is 0 Å². The van der Waals surface area contributed by atoms with E-state index in [0.717, 1.165) is 18.3 Å². The van der Waals surface area contributed by atoms with Crippen LogP contribution in [0.3, 0.4) is 0 Å². The molecule has 0 saturated carbocycles. The molecule has 6 aliphatic carbocycles. The summed E-state index contributed by atoms with van der Waals surface area (Å²) < 4.78 is 0. The van der Waals surface area contributed by atoms with Gasteiger partial charge >= 0.3 is 0 Å². The molecular weight excluding hydrogens is 388 g/mol. The van der Waals surface area contributed by atoms with Crippen molar-refractivity contribution in [2.75, 3.05) is 6.61 Å². The molecular formula is C31H44O. The van der Waals surface area contributed by atoms with Gasteiger partial charge in [0.2, 0.25) is 0 Å². The first-order valence-corrected chi connectivity index (χ1v) is 14.2. The van der Waals surface area contributed by atoms with E-state index in [-0.39, 0.29) is 0 Å². The summed E-state index contributed by atoms with van der Waals surface area (Å²) in [5.74, 6) is 1.50. The largest absolute Gasteiger partial charge is 0.396 e. The van der Waals surface area contributed by atoms with E-state index in [4.69, 9.17) is 0 Å². The third-order valence-electron chi connectivity index (χ3n) is 10.6. The molecule has 0 saturated heterocycles. The quantitative estimate of drug-likeness (QED) is 0.461. The molecule has 32 heavy (non-hydrogen) atoms. The number of aliphatic hydroxyl groups is 1. The first-order chi connectivity index (χ1) is 15.7. The minimum Gasteiger partial charge on any atom is -0.396 e. The van der Waals surface area contributed by atoms with Crippen LogP contribution in [0.15, 0.2) is 44.6 Å². The zero-order valence-electron chi connectivity index (χ0n) is 20.5. The molecule has 6 aliphatic rings. The van der Waals surface area contributed by atoms with Gasteiger partial charge in [-0.1, -0.05) is 29.2 Å². The fourth-order valence-corrected chi connectivity index (χ4v) is 9.23. The molecule has 0 heterocycles. The monoisotopic (exact) mass is 432 g/mol. The number of allylic oxidation sites excluding steroid dienone is 8. The lowest BCUT2D eigenvalue weighted by Gasteiger charge is -2.49. The molecule has 0 radical (unpaired) electrons. The highest BCUT2D eigenvalue weighted by Crippen LogP contribution is 2.61. The zero-order chi connectivity index (χ0) is 21.7. The molecule has 0 aliphatic heterocycles. The van der Waals surface area contributed by atoms with Gasteiger partial charge in [-0.3, -0.25) is 0 Å². The van der Waals surface area contributed by atoms with Gasteiger partial charge in [-0.2, -0.15) is 0 Å². The average molecular weight is 433 g/mol. The fourth-order valence-electron chi connectivity index (χ4n) is 9.23. The summed E-state index contributed by atoms with van der Waals surface area (Å²) >= 11 is 0. The third kappa shape index (κ3) is 3.36. The summed E-state index contributed by atoms with van der Waals surface area (Å²) in [6.45, 7) is 3.04. The Labute approximate surface area is 196 Å². The number of hydrogen-bond acceptors (Lipinski definition) is 1. The Kier molecular flexibility index (Phi) is 5.77. The average Bonchev–Trinajstić information content (AvgIpc) is 3.40. The summed E-state index contributed by atoms with van der Waals surface area (Å²) in [5.41, 5.74) is 15.1. The molecule has 1 nitrogen and oxygen atoms in total. The Hall–Kier alpha value is -1.08. The molecule has 6 rings (SSSR count). The van der Waals surface area contributed by atoms with Crippen molar-refractivity contribution in [2.45, 2.75) is 122 Å². The van der Waals surface area contributed by atoms with Crippen LogP contribution in [0.1, 0.15) is 122 Å². The molecule has 0 bridgehead atoms. The van der Waals surface area contributed by atoms with Gasteiger partial charge in [0.25, 0.3) is 0 Å². The van der Waals surface area contributed by atoms with Gasteiger partial charge in [0.05, 0.1) is 0 Å². The lowest BCUT2D eigenvalue weighted by Crippen LogP contribution is -2.40. The predicted molar refractivity (Wildman–Crippen MR) is 133 cm³/mol. The highest BCUT2D eigenvalue weighted by Gasteiger charge is 2.49. The topological polar surface area (TPSA) is 20.2 Å². The summed E-state index contributed by atoms with van der Waals surface area (Å²) in [5, 5.41) is 9.90. The highest BCUT2D eigenvalue weighted by atomic mass is 16.2. The Balaban J connectivity index is 1.37.